The van der Waals surface area contributed by atoms with Crippen LogP contribution in [0.5, 0.6) is 5.88 Å². The number of carbonyl (C=O) groups excluding carboxylic acids is 1. The number of hydrogen-bond donors (Lipinski definition) is 3. The molecule has 1 atom stereocenters. The molecule has 12 nitrogen and oxygen atoms in total. The van der Waals surface area contributed by atoms with E-state index in [1.54, 1.807) is 36.4 Å². The van der Waals surface area contributed by atoms with Crippen molar-refractivity contribution in [3.05, 3.63) is 99.7 Å². The highest BCUT2D eigenvalue weighted by Crippen LogP contribution is 2.20. The van der Waals surface area contributed by atoms with Crippen LogP contribution in [0.4, 0.5) is 0 Å². The first-order valence-electron chi connectivity index (χ1n) is 11.0. The Morgan fingerprint density at radius 2 is 2.00 bits per heavy atom. The Balaban J connectivity index is 1.70. The first-order valence-corrected chi connectivity index (χ1v) is 11.4. The van der Waals surface area contributed by atoms with Gasteiger partial charge in [0.15, 0.2) is 24.2 Å². The summed E-state index contributed by atoms with van der Waals surface area (Å²) in [5.41, 5.74) is 4.74. The van der Waals surface area contributed by atoms with Crippen molar-refractivity contribution in [1.29, 1.82) is 0 Å². The summed E-state index contributed by atoms with van der Waals surface area (Å²) < 4.78 is 19.9. The number of aromatic nitrogens is 1. The van der Waals surface area contributed by atoms with E-state index in [-0.39, 0.29) is 36.3 Å². The van der Waals surface area contributed by atoms with Gasteiger partial charge in [-0.1, -0.05) is 55.1 Å². The summed E-state index contributed by atoms with van der Waals surface area (Å²) in [5, 5.41) is 24.2. The molecule has 1 unspecified atom stereocenters. The van der Waals surface area contributed by atoms with Crippen LogP contribution < -0.4 is 16.0 Å². The lowest BCUT2D eigenvalue weighted by Gasteiger charge is -2.24. The van der Waals surface area contributed by atoms with Gasteiger partial charge in [-0.2, -0.15) is 0 Å². The lowest BCUT2D eigenvalue weighted by molar-refractivity contribution is -0.148. The van der Waals surface area contributed by atoms with Gasteiger partial charge in [-0.25, -0.2) is 14.6 Å². The summed E-state index contributed by atoms with van der Waals surface area (Å²) in [5.74, 6) is -3.05. The number of hydrogen-bond acceptors (Lipinski definition) is 10. The van der Waals surface area contributed by atoms with E-state index < -0.39 is 30.3 Å². The number of aryl methyl sites for hydroxylation is 1. The zero-order chi connectivity index (χ0) is 27.8. The van der Waals surface area contributed by atoms with Crippen LogP contribution in [0.2, 0.25) is 0 Å². The van der Waals surface area contributed by atoms with Gasteiger partial charge < -0.3 is 28.3 Å². The predicted molar refractivity (Wildman–Crippen MR) is 134 cm³/mol. The number of amides is 1. The number of halogens is 1. The van der Waals surface area contributed by atoms with Crippen LogP contribution in [0.25, 0.3) is 5.57 Å². The van der Waals surface area contributed by atoms with Crippen molar-refractivity contribution < 1.29 is 37.9 Å². The van der Waals surface area contributed by atoms with Crippen molar-refractivity contribution in [3.63, 3.8) is 0 Å². The van der Waals surface area contributed by atoms with Crippen molar-refractivity contribution in [1.82, 2.24) is 15.6 Å². The van der Waals surface area contributed by atoms with Gasteiger partial charge in [0.05, 0.1) is 12.6 Å². The van der Waals surface area contributed by atoms with Crippen molar-refractivity contribution in [3.8, 4) is 5.88 Å². The number of hydrazine groups is 1. The average Bonchev–Trinajstić information content (AvgIpc) is 3.47. The van der Waals surface area contributed by atoms with Crippen LogP contribution >= 0.6 is 11.6 Å². The Morgan fingerprint density at radius 3 is 2.58 bits per heavy atom. The molecular weight excluding hydrogens is 522 g/mol. The number of allylic oxidation sites excluding steroid dienone is 4. The first kappa shape index (κ1) is 28.2. The Bertz CT molecular complexity index is 1400. The number of ether oxygens (including phenoxy) is 1. The number of carboxylic acid groups (broad SMARTS) is 1. The zero-order valence-electron chi connectivity index (χ0n) is 20.2. The third-order valence-electron chi connectivity index (χ3n) is 5.03. The van der Waals surface area contributed by atoms with Gasteiger partial charge in [0, 0.05) is 11.6 Å². The molecule has 13 heteroatoms. The molecule has 0 radical (unpaired) electrons. The molecule has 0 bridgehead atoms. The summed E-state index contributed by atoms with van der Waals surface area (Å²) in [6, 6.07) is 8.29. The number of aliphatic carboxylic acids is 1. The molecule has 0 aliphatic rings. The van der Waals surface area contributed by atoms with E-state index in [9.17, 15) is 19.5 Å². The largest absolute Gasteiger partial charge is 0.519 e. The van der Waals surface area contributed by atoms with E-state index in [4.69, 9.17) is 34.8 Å². The molecule has 3 rings (SSSR count). The average molecular weight is 546 g/mol. The van der Waals surface area contributed by atoms with Crippen molar-refractivity contribution >= 4 is 29.1 Å². The fourth-order valence-corrected chi connectivity index (χ4v) is 3.28. The first-order chi connectivity index (χ1) is 18.0. The summed E-state index contributed by atoms with van der Waals surface area (Å²) >= 11 is 5.85. The number of carbonyl (C=O) groups is 2. The smallest absolute Gasteiger partial charge is 0.479 e. The van der Waals surface area contributed by atoms with Crippen LogP contribution in [-0.2, 0) is 17.9 Å². The maximum absolute atomic E-state index is 12.7. The minimum Gasteiger partial charge on any atom is -0.479 e. The van der Waals surface area contributed by atoms with Crippen molar-refractivity contribution in [2.45, 2.75) is 26.2 Å². The Morgan fingerprint density at radius 1 is 1.29 bits per heavy atom. The van der Waals surface area contributed by atoms with E-state index in [0.717, 1.165) is 11.1 Å². The Labute approximate surface area is 221 Å². The number of nitrogens with zero attached hydrogens (tertiary/aromatic N) is 2. The molecule has 0 saturated heterocycles. The Kier molecular flexibility index (Phi) is 9.44. The monoisotopic (exact) mass is 545 g/mol. The molecule has 38 heavy (non-hydrogen) atoms. The topological polar surface area (TPSA) is 168 Å². The third-order valence-corrected chi connectivity index (χ3v) is 5.14. The third kappa shape index (κ3) is 7.80. The summed E-state index contributed by atoms with van der Waals surface area (Å²) in [7, 11) is 0. The fraction of sp³-hybridized carbons (Fsp3) is 0.200. The van der Waals surface area contributed by atoms with E-state index in [2.05, 4.69) is 23.7 Å². The second kappa shape index (κ2) is 12.7. The van der Waals surface area contributed by atoms with Crippen LogP contribution in [-0.4, -0.2) is 44.9 Å². The molecule has 200 valence electrons. The van der Waals surface area contributed by atoms with E-state index >= 15 is 0 Å². The van der Waals surface area contributed by atoms with Gasteiger partial charge >= 0.3 is 17.7 Å². The molecule has 2 heterocycles. The molecule has 1 aromatic carbocycles. The molecule has 1 amide bonds. The molecular formula is C25H24ClN3O9. The molecule has 0 aliphatic heterocycles. The Hall–Kier alpha value is -4.39. The number of carboxylic acids is 1. The number of rotatable bonds is 13. The molecule has 3 N–H and O–H groups in total. The fourth-order valence-electron chi connectivity index (χ4n) is 3.17. The lowest BCUT2D eigenvalue weighted by atomic mass is 10.0. The van der Waals surface area contributed by atoms with E-state index in [1.807, 2.05) is 0 Å². The maximum atomic E-state index is 12.7. The second-order valence-electron chi connectivity index (χ2n) is 7.87. The predicted octanol–water partition coefficient (Wildman–Crippen LogP) is 3.02. The van der Waals surface area contributed by atoms with Gasteiger partial charge in [0.1, 0.15) is 0 Å². The van der Waals surface area contributed by atoms with E-state index in [0.29, 0.717) is 10.6 Å². The SMILES string of the molecule is C=CC(=CC(=C)Cl)c1ccc(CN(CC(O)C(=O)O)NC(=O)c2cc(OCc3oc(=O)oc3C)no2)cc1. The quantitative estimate of drug-likeness (QED) is 0.213. The van der Waals surface area contributed by atoms with E-state index in [1.165, 1.54) is 18.0 Å². The minimum atomic E-state index is -1.78. The maximum Gasteiger partial charge on any atom is 0.519 e. The van der Waals surface area contributed by atoms with Crippen molar-refractivity contribution in [2.75, 3.05) is 6.54 Å². The number of aliphatic hydroxyl groups is 1. The molecule has 0 spiro atoms. The highest BCUT2D eigenvalue weighted by atomic mass is 35.5. The van der Waals surface area contributed by atoms with Gasteiger partial charge in [-0.15, -0.1) is 0 Å². The number of nitrogens with one attached hydrogen (secondary N) is 1. The van der Waals surface area contributed by atoms with Gasteiger partial charge in [-0.3, -0.25) is 10.2 Å². The van der Waals surface area contributed by atoms with Gasteiger partial charge in [-0.05, 0) is 34.9 Å². The second-order valence-corrected chi connectivity index (χ2v) is 8.36. The molecule has 0 aliphatic carbocycles. The van der Waals surface area contributed by atoms with Gasteiger partial charge in [0.25, 0.3) is 5.88 Å². The molecule has 0 fully saturated rings. The molecule has 2 aromatic heterocycles. The van der Waals surface area contributed by atoms with Crippen molar-refractivity contribution in [2.24, 2.45) is 0 Å². The van der Waals surface area contributed by atoms with Gasteiger partial charge in [0.2, 0.25) is 5.76 Å². The number of benzene rings is 1. The summed E-state index contributed by atoms with van der Waals surface area (Å²) in [4.78, 5) is 35.1. The van der Waals surface area contributed by atoms with Crippen LogP contribution in [0.3, 0.4) is 0 Å². The molecule has 3 aromatic rings. The zero-order valence-corrected chi connectivity index (χ0v) is 20.9. The van der Waals surface area contributed by atoms with Crippen LogP contribution in [0.15, 0.2) is 78.8 Å². The lowest BCUT2D eigenvalue weighted by Crippen LogP contribution is -2.47. The normalized spacial score (nSPS) is 12.3. The summed E-state index contributed by atoms with van der Waals surface area (Å²) in [6.07, 6.45) is 1.50. The standard InChI is InChI=1S/C25H24ClN3O9/c1-4-17(9-14(2)26)18-7-5-16(6-8-18)11-29(12-19(30)24(32)33)27-23(31)20-10-22(28-38-20)35-13-21-15(3)36-25(34)37-21/h4-10,19,30H,1-2,11-13H2,3H3,(H,27,31)(H,32,33). The highest BCUT2D eigenvalue weighted by molar-refractivity contribution is 6.31. The highest BCUT2D eigenvalue weighted by Gasteiger charge is 2.23. The van der Waals surface area contributed by atoms with Crippen LogP contribution in [0.1, 0.15) is 33.2 Å². The van der Waals surface area contributed by atoms with Crippen LogP contribution in [0, 0.1) is 6.92 Å². The minimum absolute atomic E-state index is 0.0437. The number of aliphatic hydroxyl groups excluding tert-OH is 1. The molecule has 0 saturated carbocycles. The summed E-state index contributed by atoms with van der Waals surface area (Å²) in [6.45, 7) is 8.33.